The number of aromatic nitrogens is 1. The van der Waals surface area contributed by atoms with Crippen molar-refractivity contribution in [2.24, 2.45) is 5.92 Å². The smallest absolute Gasteiger partial charge is 0.249 e. The Morgan fingerprint density at radius 2 is 1.81 bits per heavy atom. The second-order valence-electron chi connectivity index (χ2n) is 8.24. The highest BCUT2D eigenvalue weighted by atomic mass is 16.3. The molecule has 0 spiro atoms. The summed E-state index contributed by atoms with van der Waals surface area (Å²) in [6.07, 6.45) is 6.43. The van der Waals surface area contributed by atoms with Crippen LogP contribution < -0.4 is 5.32 Å². The van der Waals surface area contributed by atoms with E-state index in [2.05, 4.69) is 16.4 Å². The largest absolute Gasteiger partial charge is 0.436 e. The average molecular weight is 415 g/mol. The van der Waals surface area contributed by atoms with E-state index in [-0.39, 0.29) is 17.7 Å². The van der Waals surface area contributed by atoms with Crippen LogP contribution in [0, 0.1) is 5.92 Å². The Kier molecular flexibility index (Phi) is 5.28. The molecule has 158 valence electrons. The van der Waals surface area contributed by atoms with Gasteiger partial charge in [0, 0.05) is 35.8 Å². The first kappa shape index (κ1) is 19.5. The summed E-state index contributed by atoms with van der Waals surface area (Å²) < 4.78 is 5.80. The third kappa shape index (κ3) is 4.10. The topological polar surface area (TPSA) is 75.4 Å². The molecule has 6 nitrogen and oxygen atoms in total. The average Bonchev–Trinajstić information content (AvgIpc) is 3.49. The molecule has 3 aromatic rings. The summed E-state index contributed by atoms with van der Waals surface area (Å²) >= 11 is 0. The van der Waals surface area contributed by atoms with Gasteiger partial charge in [-0.25, -0.2) is 4.98 Å². The Bertz CT molecular complexity index is 1110. The zero-order chi connectivity index (χ0) is 21.2. The van der Waals surface area contributed by atoms with Gasteiger partial charge >= 0.3 is 0 Å². The lowest BCUT2D eigenvalue weighted by atomic mass is 9.95. The van der Waals surface area contributed by atoms with Gasteiger partial charge in [-0.15, -0.1) is 0 Å². The Labute approximate surface area is 180 Å². The highest BCUT2D eigenvalue weighted by Crippen LogP contribution is 2.27. The van der Waals surface area contributed by atoms with Crippen LogP contribution in [0.2, 0.25) is 0 Å². The number of oxazole rings is 1. The van der Waals surface area contributed by atoms with Crippen LogP contribution in [0.4, 0.5) is 5.69 Å². The summed E-state index contributed by atoms with van der Waals surface area (Å²) in [6.45, 7) is 1.29. The number of fused-ring (bicyclic) bond motifs is 1. The lowest BCUT2D eigenvalue weighted by Crippen LogP contribution is -2.41. The predicted molar refractivity (Wildman–Crippen MR) is 119 cm³/mol. The molecule has 0 bridgehead atoms. The Balaban J connectivity index is 1.18. The van der Waals surface area contributed by atoms with Gasteiger partial charge in [-0.1, -0.05) is 18.2 Å². The van der Waals surface area contributed by atoms with Crippen molar-refractivity contribution in [2.45, 2.75) is 32.1 Å². The summed E-state index contributed by atoms with van der Waals surface area (Å²) in [5.41, 5.74) is 4.14. The molecule has 31 heavy (non-hydrogen) atoms. The van der Waals surface area contributed by atoms with Crippen LogP contribution in [0.5, 0.6) is 0 Å². The third-order valence-corrected chi connectivity index (χ3v) is 6.16. The molecule has 0 saturated carbocycles. The number of anilines is 1. The van der Waals surface area contributed by atoms with Gasteiger partial charge in [0.25, 0.3) is 0 Å². The first-order valence-electron chi connectivity index (χ1n) is 10.9. The maximum absolute atomic E-state index is 12.7. The fourth-order valence-electron chi connectivity index (χ4n) is 4.35. The standard InChI is InChI=1S/C25H25N3O3/c29-23(17-13-15-28(16-14-17)25(30)19-5-1-2-6-19)26-20-11-9-18(10-12-20)24-27-21-7-3-4-8-22(21)31-24/h3-5,7-12,17H,1-2,6,13-16H2,(H,26,29). The number of nitrogens with zero attached hydrogens (tertiary/aromatic N) is 2. The number of rotatable bonds is 4. The molecule has 0 atom stereocenters. The molecule has 0 unspecified atom stereocenters. The summed E-state index contributed by atoms with van der Waals surface area (Å²) in [5, 5.41) is 3.01. The molecule has 1 N–H and O–H groups in total. The molecule has 2 heterocycles. The monoisotopic (exact) mass is 415 g/mol. The molecule has 1 aromatic heterocycles. The van der Waals surface area contributed by atoms with Crippen LogP contribution in [-0.4, -0.2) is 34.8 Å². The van der Waals surface area contributed by atoms with Crippen LogP contribution in [0.25, 0.3) is 22.6 Å². The van der Waals surface area contributed by atoms with E-state index in [0.717, 1.165) is 47.2 Å². The zero-order valence-corrected chi connectivity index (χ0v) is 17.3. The number of allylic oxidation sites excluding steroid dienone is 1. The van der Waals surface area contributed by atoms with Gasteiger partial charge in [-0.3, -0.25) is 9.59 Å². The van der Waals surface area contributed by atoms with Crippen molar-refractivity contribution in [1.82, 2.24) is 9.88 Å². The number of piperidine rings is 1. The molecular formula is C25H25N3O3. The number of nitrogens with one attached hydrogen (secondary N) is 1. The quantitative estimate of drug-likeness (QED) is 0.665. The summed E-state index contributed by atoms with van der Waals surface area (Å²) in [5.74, 6) is 0.666. The van der Waals surface area contributed by atoms with Gasteiger partial charge < -0.3 is 14.6 Å². The van der Waals surface area contributed by atoms with E-state index in [0.29, 0.717) is 31.8 Å². The second-order valence-corrected chi connectivity index (χ2v) is 8.24. The van der Waals surface area contributed by atoms with E-state index in [4.69, 9.17) is 4.42 Å². The van der Waals surface area contributed by atoms with Crippen LogP contribution in [0.3, 0.4) is 0 Å². The molecule has 2 aliphatic rings. The number of carbonyl (C=O) groups excluding carboxylic acids is 2. The zero-order valence-electron chi connectivity index (χ0n) is 17.3. The molecule has 1 aliphatic heterocycles. The van der Waals surface area contributed by atoms with Crippen LogP contribution in [0.1, 0.15) is 32.1 Å². The Morgan fingerprint density at radius 1 is 1.03 bits per heavy atom. The maximum atomic E-state index is 12.7. The van der Waals surface area contributed by atoms with Crippen molar-refractivity contribution in [2.75, 3.05) is 18.4 Å². The number of benzene rings is 2. The second kappa shape index (κ2) is 8.38. The van der Waals surface area contributed by atoms with Gasteiger partial charge in [0.2, 0.25) is 17.7 Å². The summed E-state index contributed by atoms with van der Waals surface area (Å²) in [6, 6.07) is 15.2. The molecule has 2 amide bonds. The van der Waals surface area contributed by atoms with Gasteiger partial charge in [0.05, 0.1) is 0 Å². The normalized spacial score (nSPS) is 17.0. The molecule has 1 fully saturated rings. The molecule has 1 aliphatic carbocycles. The fraction of sp³-hybridized carbons (Fsp3) is 0.320. The highest BCUT2D eigenvalue weighted by Gasteiger charge is 2.29. The number of carbonyl (C=O) groups is 2. The molecule has 1 saturated heterocycles. The summed E-state index contributed by atoms with van der Waals surface area (Å²) in [7, 11) is 0. The number of amides is 2. The minimum atomic E-state index is -0.0710. The molecule has 6 heteroatoms. The Morgan fingerprint density at radius 3 is 2.52 bits per heavy atom. The van der Waals surface area contributed by atoms with E-state index < -0.39 is 0 Å². The Hall–Kier alpha value is -3.41. The number of hydrogen-bond acceptors (Lipinski definition) is 4. The fourth-order valence-corrected chi connectivity index (χ4v) is 4.35. The minimum absolute atomic E-state index is 0.0155. The first-order chi connectivity index (χ1) is 15.2. The van der Waals surface area contributed by atoms with Gasteiger partial charge in [0.15, 0.2) is 5.58 Å². The van der Waals surface area contributed by atoms with Crippen LogP contribution in [0.15, 0.2) is 64.6 Å². The van der Waals surface area contributed by atoms with E-state index in [1.165, 1.54) is 0 Å². The number of para-hydroxylation sites is 2. The first-order valence-corrected chi connectivity index (χ1v) is 10.9. The lowest BCUT2D eigenvalue weighted by Gasteiger charge is -2.31. The number of likely N-dealkylation sites (tertiary alicyclic amines) is 1. The van der Waals surface area contributed by atoms with Crippen LogP contribution in [-0.2, 0) is 9.59 Å². The molecular weight excluding hydrogens is 390 g/mol. The van der Waals surface area contributed by atoms with E-state index >= 15 is 0 Å². The lowest BCUT2D eigenvalue weighted by molar-refractivity contribution is -0.131. The van der Waals surface area contributed by atoms with E-state index in [9.17, 15) is 9.59 Å². The van der Waals surface area contributed by atoms with E-state index in [1.54, 1.807) is 0 Å². The van der Waals surface area contributed by atoms with Gasteiger partial charge in [-0.05, 0) is 68.5 Å². The van der Waals surface area contributed by atoms with Crippen molar-refractivity contribution >= 4 is 28.6 Å². The van der Waals surface area contributed by atoms with Crippen molar-refractivity contribution < 1.29 is 14.0 Å². The van der Waals surface area contributed by atoms with Crippen molar-refractivity contribution in [1.29, 1.82) is 0 Å². The maximum Gasteiger partial charge on any atom is 0.249 e. The predicted octanol–water partition coefficient (Wildman–Crippen LogP) is 4.78. The van der Waals surface area contributed by atoms with Crippen molar-refractivity contribution in [3.05, 3.63) is 60.2 Å². The molecule has 0 radical (unpaired) electrons. The SMILES string of the molecule is O=C(Nc1ccc(-c2nc3ccccc3o2)cc1)C1CCN(C(=O)C2=CCCC2)CC1. The third-order valence-electron chi connectivity index (χ3n) is 6.16. The highest BCUT2D eigenvalue weighted by molar-refractivity contribution is 5.95. The number of hydrogen-bond donors (Lipinski definition) is 1. The minimum Gasteiger partial charge on any atom is -0.436 e. The van der Waals surface area contributed by atoms with Crippen molar-refractivity contribution in [3.63, 3.8) is 0 Å². The van der Waals surface area contributed by atoms with Gasteiger partial charge in [0.1, 0.15) is 5.52 Å². The van der Waals surface area contributed by atoms with Crippen LogP contribution >= 0.6 is 0 Å². The molecule has 2 aromatic carbocycles. The summed E-state index contributed by atoms with van der Waals surface area (Å²) in [4.78, 5) is 31.6. The molecule has 5 rings (SSSR count). The van der Waals surface area contributed by atoms with E-state index in [1.807, 2.05) is 53.4 Å². The van der Waals surface area contributed by atoms with Crippen molar-refractivity contribution in [3.8, 4) is 11.5 Å². The van der Waals surface area contributed by atoms with Gasteiger partial charge in [-0.2, -0.15) is 0 Å².